The number of amides is 5. The third kappa shape index (κ3) is 14.4. The molecule has 0 radical (unpaired) electrons. The van der Waals surface area contributed by atoms with Crippen LogP contribution in [0.5, 0.6) is 0 Å². The Morgan fingerprint density at radius 2 is 1.60 bits per heavy atom. The predicted octanol–water partition coefficient (Wildman–Crippen LogP) is -1.31. The fourth-order valence-electron chi connectivity index (χ4n) is 5.43. The third-order valence-electron chi connectivity index (χ3n) is 7.48. The molecule has 0 bridgehead atoms. The van der Waals surface area contributed by atoms with Gasteiger partial charge in [0.1, 0.15) is 17.9 Å². The van der Waals surface area contributed by atoms with Crippen molar-refractivity contribution in [3.63, 3.8) is 0 Å². The number of nitrogens with one attached hydrogen (secondary N) is 5. The van der Waals surface area contributed by atoms with Gasteiger partial charge in [0.25, 0.3) is 5.91 Å². The number of hydrogen-bond acceptors (Lipinski definition) is 11. The minimum Gasteiger partial charge on any atom is -0.349 e. The highest BCUT2D eigenvalue weighted by molar-refractivity contribution is 6.38. The van der Waals surface area contributed by atoms with Crippen LogP contribution in [-0.2, 0) is 24.0 Å². The van der Waals surface area contributed by atoms with Crippen molar-refractivity contribution in [2.75, 3.05) is 19.6 Å². The zero-order valence-corrected chi connectivity index (χ0v) is 26.6. The average Bonchev–Trinajstić information content (AvgIpc) is 3.47. The Bertz CT molecular complexity index is 1000. The molecule has 4 unspecified atom stereocenters. The molecule has 4 atom stereocenters. The van der Waals surface area contributed by atoms with Gasteiger partial charge in [0.15, 0.2) is 0 Å². The first-order valence-corrected chi connectivity index (χ1v) is 15.8. The van der Waals surface area contributed by atoms with Crippen LogP contribution in [0.1, 0.15) is 84.5 Å². The van der Waals surface area contributed by atoms with Gasteiger partial charge in [-0.05, 0) is 64.1 Å². The predicted molar refractivity (Wildman–Crippen MR) is 170 cm³/mol. The van der Waals surface area contributed by atoms with Crippen LogP contribution in [0.25, 0.3) is 0 Å². The van der Waals surface area contributed by atoms with Crippen LogP contribution in [0.15, 0.2) is 0 Å². The number of Topliss-reactive ketones (excluding diaryl/α,β-unsaturated/α-hetero) is 2. The van der Waals surface area contributed by atoms with Crippen molar-refractivity contribution in [2.45, 2.75) is 115 Å². The highest BCUT2D eigenvalue weighted by Gasteiger charge is 2.41. The summed E-state index contributed by atoms with van der Waals surface area (Å²) in [7, 11) is 0. The van der Waals surface area contributed by atoms with Gasteiger partial charge in [-0.1, -0.05) is 26.2 Å². The molecule has 13 N–H and O–H groups in total. The van der Waals surface area contributed by atoms with Crippen molar-refractivity contribution in [3.05, 3.63) is 0 Å². The van der Waals surface area contributed by atoms with Gasteiger partial charge >= 0.3 is 6.03 Å². The summed E-state index contributed by atoms with van der Waals surface area (Å²) in [6.45, 7) is 4.46. The average molecular weight is 639 g/mol. The van der Waals surface area contributed by atoms with Crippen LogP contribution in [0, 0.1) is 11.3 Å². The van der Waals surface area contributed by atoms with Gasteiger partial charge in [0, 0.05) is 25.9 Å². The van der Waals surface area contributed by atoms with E-state index in [2.05, 4.69) is 21.3 Å². The monoisotopic (exact) mass is 638 g/mol. The summed E-state index contributed by atoms with van der Waals surface area (Å²) in [5.41, 5.74) is 21.3. The molecule has 16 nitrogen and oxygen atoms in total. The Labute approximate surface area is 265 Å². The number of ketones is 2. The number of nitrogens with zero attached hydrogens (tertiary/aromatic N) is 1. The number of rotatable bonds is 16. The zero-order valence-electron chi connectivity index (χ0n) is 26.6. The molecule has 1 aliphatic carbocycles. The second-order valence-corrected chi connectivity index (χ2v) is 11.5. The molecule has 1 saturated heterocycles. The van der Waals surface area contributed by atoms with Crippen LogP contribution in [-0.4, -0.2) is 96.5 Å². The molecule has 2 aliphatic rings. The maximum atomic E-state index is 13.8. The molecule has 0 aromatic carbocycles. The van der Waals surface area contributed by atoms with Gasteiger partial charge < -0.3 is 54.5 Å². The summed E-state index contributed by atoms with van der Waals surface area (Å²) in [4.78, 5) is 78.4. The molecule has 0 aromatic heterocycles. The lowest BCUT2D eigenvalue weighted by atomic mass is 9.83. The van der Waals surface area contributed by atoms with Gasteiger partial charge in [-0.25, -0.2) is 4.79 Å². The smallest absolute Gasteiger partial charge is 0.316 e. The quantitative estimate of drug-likeness (QED) is 0.0546. The second kappa shape index (κ2) is 21.3. The maximum Gasteiger partial charge on any atom is 0.316 e. The minimum atomic E-state index is -1.23. The van der Waals surface area contributed by atoms with Crippen LogP contribution >= 0.6 is 0 Å². The zero-order chi connectivity index (χ0) is 33.9. The number of carbonyl (C=O) groups excluding carboxylic acids is 6. The van der Waals surface area contributed by atoms with Gasteiger partial charge in [0.2, 0.25) is 17.6 Å². The summed E-state index contributed by atoms with van der Waals surface area (Å²) in [6, 6.07) is -3.52. The molecule has 5 amide bonds. The lowest BCUT2D eigenvalue weighted by Crippen LogP contribution is -2.59. The normalized spacial score (nSPS) is 18.5. The van der Waals surface area contributed by atoms with Gasteiger partial charge in [0.05, 0.1) is 18.4 Å². The van der Waals surface area contributed by atoms with Gasteiger partial charge in [-0.3, -0.25) is 24.0 Å². The Morgan fingerprint density at radius 1 is 0.956 bits per heavy atom. The van der Waals surface area contributed by atoms with E-state index in [0.29, 0.717) is 19.4 Å². The summed E-state index contributed by atoms with van der Waals surface area (Å²) in [5, 5.41) is 17.6. The number of carbonyl (C=O) groups is 6. The molecule has 2 fully saturated rings. The van der Waals surface area contributed by atoms with E-state index in [1.807, 2.05) is 6.92 Å². The molecule has 2 rings (SSSR count). The first-order chi connectivity index (χ1) is 21.4. The summed E-state index contributed by atoms with van der Waals surface area (Å²) in [6.07, 6.45) is 5.01. The van der Waals surface area contributed by atoms with Crippen molar-refractivity contribution in [2.24, 2.45) is 28.9 Å². The standard InChI is InChI=1S/C27H47N9O6.C2H7N/c1-16(29)33-27(42)35-22(17-7-3-2-4-8-17)26(41)36-14-6-10-20(36)24(39)34-19(9-5-12-28)23(38)25(40)32-13-11-18(37)15-21(30)31;1-2-3/h12,16-17,19-22,28H,2-11,13-15,29-31H2,1H3,(H,32,40)(H,34,39)(H2,33,35,42);2-3H2,1H3. The fraction of sp³-hybridized carbons (Fsp3) is 0.759. The molecule has 0 spiro atoms. The number of nitrogens with two attached hydrogens (primary N) is 4. The van der Waals surface area contributed by atoms with Crippen molar-refractivity contribution >= 4 is 41.5 Å². The van der Waals surface area contributed by atoms with E-state index in [-0.39, 0.29) is 49.8 Å². The van der Waals surface area contributed by atoms with Crippen molar-refractivity contribution < 1.29 is 28.8 Å². The molecule has 256 valence electrons. The largest absolute Gasteiger partial charge is 0.349 e. The van der Waals surface area contributed by atoms with E-state index in [4.69, 9.17) is 28.3 Å². The van der Waals surface area contributed by atoms with E-state index < -0.39 is 54.1 Å². The topological polar surface area (TPSA) is 282 Å². The highest BCUT2D eigenvalue weighted by Crippen LogP contribution is 2.29. The number of urea groups is 1. The Kier molecular flexibility index (Phi) is 18.7. The molecule has 16 heteroatoms. The van der Waals surface area contributed by atoms with Crippen LogP contribution in [0.4, 0.5) is 4.79 Å². The molecule has 1 saturated carbocycles. The second-order valence-electron chi connectivity index (χ2n) is 11.5. The minimum absolute atomic E-state index is 0.00676. The first-order valence-electron chi connectivity index (χ1n) is 15.8. The molecule has 45 heavy (non-hydrogen) atoms. The number of hydrogen-bond donors (Lipinski definition) is 9. The van der Waals surface area contributed by atoms with Crippen LogP contribution in [0.2, 0.25) is 0 Å². The Morgan fingerprint density at radius 3 is 2.18 bits per heavy atom. The van der Waals surface area contributed by atoms with E-state index in [1.165, 1.54) is 4.90 Å². The molecular formula is C29H54N10O6. The lowest BCUT2D eigenvalue weighted by Gasteiger charge is -2.35. The number of likely N-dealkylation sites (tertiary alicyclic amines) is 1. The van der Waals surface area contributed by atoms with Gasteiger partial charge in [-0.2, -0.15) is 0 Å². The molecular weight excluding hydrogens is 584 g/mol. The molecule has 1 heterocycles. The lowest BCUT2D eigenvalue weighted by molar-refractivity contribution is -0.143. The van der Waals surface area contributed by atoms with Crippen molar-refractivity contribution in [3.8, 4) is 0 Å². The Hall–Kier alpha value is -3.47. The van der Waals surface area contributed by atoms with E-state index in [0.717, 1.165) is 44.9 Å². The van der Waals surface area contributed by atoms with Crippen LogP contribution in [0.3, 0.4) is 0 Å². The van der Waals surface area contributed by atoms with Crippen LogP contribution < -0.4 is 44.2 Å². The third-order valence-corrected chi connectivity index (χ3v) is 7.48. The Balaban J connectivity index is 0.00000324. The maximum absolute atomic E-state index is 13.8. The van der Waals surface area contributed by atoms with Crippen molar-refractivity contribution in [1.82, 2.24) is 26.2 Å². The highest BCUT2D eigenvalue weighted by atomic mass is 16.2. The van der Waals surface area contributed by atoms with E-state index >= 15 is 0 Å². The van der Waals surface area contributed by atoms with E-state index in [1.54, 1.807) is 6.92 Å². The molecule has 1 aliphatic heterocycles. The summed E-state index contributed by atoms with van der Waals surface area (Å²) in [5.74, 6) is -3.22. The van der Waals surface area contributed by atoms with Gasteiger partial charge in [-0.15, -0.1) is 0 Å². The summed E-state index contributed by atoms with van der Waals surface area (Å²) < 4.78 is 0. The van der Waals surface area contributed by atoms with E-state index in [9.17, 15) is 28.8 Å². The van der Waals surface area contributed by atoms with Crippen molar-refractivity contribution in [1.29, 1.82) is 5.41 Å². The first kappa shape index (κ1) is 39.6. The summed E-state index contributed by atoms with van der Waals surface area (Å²) >= 11 is 0. The molecule has 0 aromatic rings. The fourth-order valence-corrected chi connectivity index (χ4v) is 5.43. The SMILES string of the molecule is CC(N)NC(=O)NC(C(=O)N1CCCC1C(=O)NC(CCC=N)C(=O)C(=O)NCCC(=O)CC(N)N)C1CCCCC1.CCN.